The Bertz CT molecular complexity index is 1820. The molecule has 2 heterocycles. The number of ether oxygens (including phenoxy) is 4. The Kier molecular flexibility index (Phi) is 8.80. The Morgan fingerprint density at radius 3 is 2.40 bits per heavy atom. The van der Waals surface area contributed by atoms with Crippen LogP contribution in [0.25, 0.3) is 6.08 Å². The Balaban J connectivity index is 1.52. The fourth-order valence-corrected chi connectivity index (χ4v) is 5.86. The van der Waals surface area contributed by atoms with E-state index in [2.05, 4.69) is 4.99 Å². The largest absolute Gasteiger partial charge is 0.493 e. The zero-order valence-electron chi connectivity index (χ0n) is 23.5. The van der Waals surface area contributed by atoms with E-state index < -0.39 is 12.0 Å². The van der Waals surface area contributed by atoms with Crippen molar-refractivity contribution >= 4 is 35.0 Å². The number of hydrogen-bond donors (Lipinski definition) is 0. The van der Waals surface area contributed by atoms with Crippen LogP contribution in [0.3, 0.4) is 0 Å². The minimum absolute atomic E-state index is 0.193. The Labute approximate surface area is 251 Å². The van der Waals surface area contributed by atoms with Crippen LogP contribution in [0, 0.1) is 0 Å². The van der Waals surface area contributed by atoms with Gasteiger partial charge in [0.2, 0.25) is 0 Å². The number of allylic oxidation sites excluding steroid dienone is 1. The average Bonchev–Trinajstić information content (AvgIpc) is 3.30. The molecular formula is C32H29ClN2O6S. The molecule has 10 heteroatoms. The first-order chi connectivity index (χ1) is 20.3. The fraction of sp³-hybridized carbons (Fsp3) is 0.219. The molecule has 0 bridgehead atoms. The van der Waals surface area contributed by atoms with Crippen molar-refractivity contribution in [1.29, 1.82) is 0 Å². The number of fused-ring (bicyclic) bond motifs is 1. The third-order valence-corrected chi connectivity index (χ3v) is 7.97. The van der Waals surface area contributed by atoms with E-state index >= 15 is 0 Å². The standard InChI is InChI=1S/C32H29ClN2O6S/c1-5-40-31(37)28-19(2)34-32-35(29(28)22-10-15-25(38-3)26(17-22)39-4)30(36)27(42-32)16-20-8-13-24(14-9-20)41-18-21-6-11-23(33)12-7-21/h6-17,29H,5,18H2,1-4H3/b27-16-/t29-/m0/s1. The highest BCUT2D eigenvalue weighted by Crippen LogP contribution is 2.36. The summed E-state index contributed by atoms with van der Waals surface area (Å²) >= 11 is 7.22. The summed E-state index contributed by atoms with van der Waals surface area (Å²) in [6, 6.07) is 19.5. The Morgan fingerprint density at radius 2 is 1.74 bits per heavy atom. The number of carbonyl (C=O) groups excluding carboxylic acids is 1. The molecule has 8 nitrogen and oxygen atoms in total. The summed E-state index contributed by atoms with van der Waals surface area (Å²) in [5.41, 5.74) is 3.01. The third-order valence-electron chi connectivity index (χ3n) is 6.74. The predicted molar refractivity (Wildman–Crippen MR) is 162 cm³/mol. The van der Waals surface area contributed by atoms with E-state index in [0.29, 0.717) is 55.0 Å². The van der Waals surface area contributed by atoms with Crippen LogP contribution in [-0.2, 0) is 16.1 Å². The third kappa shape index (κ3) is 5.98. The molecular weight excluding hydrogens is 576 g/mol. The van der Waals surface area contributed by atoms with Gasteiger partial charge in [-0.15, -0.1) is 0 Å². The topological polar surface area (TPSA) is 88.4 Å². The second-order valence-electron chi connectivity index (χ2n) is 9.40. The average molecular weight is 605 g/mol. The fourth-order valence-electron chi connectivity index (χ4n) is 4.69. The lowest BCUT2D eigenvalue weighted by Gasteiger charge is -2.25. The van der Waals surface area contributed by atoms with Crippen molar-refractivity contribution in [3.63, 3.8) is 0 Å². The summed E-state index contributed by atoms with van der Waals surface area (Å²) in [6.07, 6.45) is 1.81. The lowest BCUT2D eigenvalue weighted by Crippen LogP contribution is -2.39. The number of esters is 1. The number of methoxy groups -OCH3 is 2. The van der Waals surface area contributed by atoms with E-state index in [1.807, 2.05) is 60.7 Å². The van der Waals surface area contributed by atoms with Gasteiger partial charge in [0.15, 0.2) is 16.3 Å². The van der Waals surface area contributed by atoms with Gasteiger partial charge in [-0.1, -0.05) is 53.3 Å². The van der Waals surface area contributed by atoms with Crippen molar-refractivity contribution in [1.82, 2.24) is 4.57 Å². The monoisotopic (exact) mass is 604 g/mol. The van der Waals surface area contributed by atoms with E-state index in [4.69, 9.17) is 30.5 Å². The van der Waals surface area contributed by atoms with Gasteiger partial charge >= 0.3 is 5.97 Å². The van der Waals surface area contributed by atoms with E-state index in [9.17, 15) is 9.59 Å². The lowest BCUT2D eigenvalue weighted by molar-refractivity contribution is -0.139. The van der Waals surface area contributed by atoms with Gasteiger partial charge in [0, 0.05) is 5.02 Å². The number of rotatable bonds is 9. The minimum Gasteiger partial charge on any atom is -0.493 e. The second-order valence-corrected chi connectivity index (χ2v) is 10.8. The number of nitrogens with zero attached hydrogens (tertiary/aromatic N) is 2. The molecule has 0 saturated heterocycles. The van der Waals surface area contributed by atoms with Gasteiger partial charge in [-0.25, -0.2) is 9.79 Å². The van der Waals surface area contributed by atoms with Crippen molar-refractivity contribution in [2.75, 3.05) is 20.8 Å². The van der Waals surface area contributed by atoms with Crippen LogP contribution >= 0.6 is 22.9 Å². The van der Waals surface area contributed by atoms with E-state index in [1.165, 1.54) is 18.4 Å². The molecule has 0 unspecified atom stereocenters. The molecule has 1 aliphatic rings. The summed E-state index contributed by atoms with van der Waals surface area (Å²) in [4.78, 5) is 32.1. The molecule has 1 aliphatic heterocycles. The summed E-state index contributed by atoms with van der Waals surface area (Å²) in [7, 11) is 3.08. The van der Waals surface area contributed by atoms with Crippen LogP contribution in [-0.4, -0.2) is 31.4 Å². The van der Waals surface area contributed by atoms with E-state index in [1.54, 1.807) is 37.7 Å². The van der Waals surface area contributed by atoms with Gasteiger partial charge in [0.05, 0.1) is 42.7 Å². The minimum atomic E-state index is -0.758. The molecule has 42 heavy (non-hydrogen) atoms. The molecule has 216 valence electrons. The van der Waals surface area contributed by atoms with Crippen LogP contribution in [0.2, 0.25) is 5.02 Å². The molecule has 1 atom stereocenters. The highest BCUT2D eigenvalue weighted by Gasteiger charge is 2.33. The summed E-state index contributed by atoms with van der Waals surface area (Å²) in [5.74, 6) is 1.19. The Hall–Kier alpha value is -4.34. The maximum absolute atomic E-state index is 13.9. The van der Waals surface area contributed by atoms with Gasteiger partial charge in [0.1, 0.15) is 12.4 Å². The molecule has 5 rings (SSSR count). The van der Waals surface area contributed by atoms with Crippen LogP contribution in [0.5, 0.6) is 17.2 Å². The first-order valence-electron chi connectivity index (χ1n) is 13.2. The molecule has 4 aromatic rings. The van der Waals surface area contributed by atoms with Crippen molar-refractivity contribution in [2.45, 2.75) is 26.5 Å². The second kappa shape index (κ2) is 12.7. The smallest absolute Gasteiger partial charge is 0.338 e. The molecule has 0 fully saturated rings. The molecule has 1 aromatic heterocycles. The van der Waals surface area contributed by atoms with Gasteiger partial charge < -0.3 is 18.9 Å². The molecule has 0 saturated carbocycles. The van der Waals surface area contributed by atoms with Gasteiger partial charge in [-0.3, -0.25) is 9.36 Å². The molecule has 0 spiro atoms. The molecule has 0 N–H and O–H groups in total. The maximum atomic E-state index is 13.9. The molecule has 3 aromatic carbocycles. The summed E-state index contributed by atoms with van der Waals surface area (Å²) in [5, 5.41) is 0.677. The first kappa shape index (κ1) is 29.2. The number of hydrogen-bond acceptors (Lipinski definition) is 8. The lowest BCUT2D eigenvalue weighted by atomic mass is 9.95. The maximum Gasteiger partial charge on any atom is 0.338 e. The van der Waals surface area contributed by atoms with Gasteiger partial charge in [-0.2, -0.15) is 0 Å². The van der Waals surface area contributed by atoms with Crippen molar-refractivity contribution in [3.8, 4) is 17.2 Å². The van der Waals surface area contributed by atoms with Crippen LogP contribution in [0.4, 0.5) is 0 Å². The number of aromatic nitrogens is 1. The van der Waals surface area contributed by atoms with Crippen LogP contribution in [0.1, 0.15) is 36.6 Å². The van der Waals surface area contributed by atoms with Gasteiger partial charge in [-0.05, 0) is 73.0 Å². The van der Waals surface area contributed by atoms with Crippen LogP contribution in [0.15, 0.2) is 87.8 Å². The normalized spacial score (nSPS) is 14.7. The van der Waals surface area contributed by atoms with E-state index in [-0.39, 0.29) is 12.2 Å². The number of carbonyl (C=O) groups is 1. The summed E-state index contributed by atoms with van der Waals surface area (Å²) < 4.78 is 24.2. The predicted octanol–water partition coefficient (Wildman–Crippen LogP) is 5.05. The number of halogens is 1. The zero-order chi connectivity index (χ0) is 29.8. The number of benzene rings is 3. The van der Waals surface area contributed by atoms with Crippen molar-refractivity contribution in [3.05, 3.63) is 119 Å². The summed E-state index contributed by atoms with van der Waals surface area (Å²) in [6.45, 7) is 4.09. The Morgan fingerprint density at radius 1 is 1.02 bits per heavy atom. The number of thiazole rings is 1. The quantitative estimate of drug-likeness (QED) is 0.249. The molecule has 0 radical (unpaired) electrons. The van der Waals surface area contributed by atoms with Crippen molar-refractivity contribution in [2.24, 2.45) is 4.99 Å². The molecule has 0 aliphatic carbocycles. The first-order valence-corrected chi connectivity index (χ1v) is 14.4. The SMILES string of the molecule is CCOC(=O)C1=C(C)N=c2s/c(=C\c3ccc(OCc4ccc(Cl)cc4)cc3)c(=O)n2[C@H]1c1ccc(OC)c(OC)c1. The van der Waals surface area contributed by atoms with Gasteiger partial charge in [0.25, 0.3) is 5.56 Å². The van der Waals surface area contributed by atoms with E-state index in [0.717, 1.165) is 11.1 Å². The highest BCUT2D eigenvalue weighted by molar-refractivity contribution is 7.07. The zero-order valence-corrected chi connectivity index (χ0v) is 25.1. The van der Waals surface area contributed by atoms with Crippen molar-refractivity contribution < 1.29 is 23.7 Å². The van der Waals surface area contributed by atoms with Crippen LogP contribution < -0.4 is 29.1 Å². The molecule has 0 amide bonds. The highest BCUT2D eigenvalue weighted by atomic mass is 35.5.